The molecular weight excluding hydrogens is 434 g/mol. The standard InChI is InChI=1S/C21H33N5O5S/c1-4-31-18(27)8-7-15-14-22-20(23-16-9-12-26(13-10-16)32(3,29)30)25-19(15)24-17-6-5-11-21(17,2)28/h7-8,14,16-17,28H,4-6,9-13H2,1-3H3,(H2,22,23,24,25)/t17-,21-/m1/s1. The second-order valence-electron chi connectivity index (χ2n) is 8.61. The summed E-state index contributed by atoms with van der Waals surface area (Å²) >= 11 is 0. The zero-order valence-corrected chi connectivity index (χ0v) is 19.7. The molecule has 3 N–H and O–H groups in total. The number of rotatable bonds is 8. The molecule has 10 nitrogen and oxygen atoms in total. The fourth-order valence-electron chi connectivity index (χ4n) is 4.10. The van der Waals surface area contributed by atoms with Crippen molar-refractivity contribution in [1.82, 2.24) is 14.3 Å². The van der Waals surface area contributed by atoms with Crippen LogP contribution in [0.3, 0.4) is 0 Å². The lowest BCUT2D eigenvalue weighted by molar-refractivity contribution is -0.137. The summed E-state index contributed by atoms with van der Waals surface area (Å²) in [7, 11) is -3.18. The summed E-state index contributed by atoms with van der Waals surface area (Å²) in [4.78, 5) is 20.7. The summed E-state index contributed by atoms with van der Waals surface area (Å²) in [5.41, 5.74) is -0.239. The lowest BCUT2D eigenvalue weighted by Crippen LogP contribution is -2.42. The van der Waals surface area contributed by atoms with Gasteiger partial charge in [-0.15, -0.1) is 0 Å². The van der Waals surface area contributed by atoms with E-state index in [0.717, 1.165) is 12.8 Å². The monoisotopic (exact) mass is 467 g/mol. The van der Waals surface area contributed by atoms with Gasteiger partial charge in [0.2, 0.25) is 16.0 Å². The van der Waals surface area contributed by atoms with Crippen molar-refractivity contribution in [1.29, 1.82) is 0 Å². The van der Waals surface area contributed by atoms with Crippen LogP contribution in [-0.2, 0) is 19.6 Å². The summed E-state index contributed by atoms with van der Waals surface area (Å²) in [5.74, 6) is 0.478. The Morgan fingerprint density at radius 3 is 2.66 bits per heavy atom. The number of aliphatic hydroxyl groups is 1. The quantitative estimate of drug-likeness (QED) is 0.385. The predicted octanol–water partition coefficient (Wildman–Crippen LogP) is 1.60. The molecule has 0 unspecified atom stereocenters. The van der Waals surface area contributed by atoms with Crippen molar-refractivity contribution in [2.24, 2.45) is 0 Å². The maximum atomic E-state index is 11.7. The third-order valence-electron chi connectivity index (χ3n) is 6.00. The molecule has 2 fully saturated rings. The third-order valence-corrected chi connectivity index (χ3v) is 7.30. The highest BCUT2D eigenvalue weighted by molar-refractivity contribution is 7.88. The molecule has 0 radical (unpaired) electrons. The fourth-order valence-corrected chi connectivity index (χ4v) is 4.98. The number of aromatic nitrogens is 2. The molecule has 1 saturated carbocycles. The van der Waals surface area contributed by atoms with E-state index in [1.54, 1.807) is 19.2 Å². The van der Waals surface area contributed by atoms with Crippen molar-refractivity contribution in [3.8, 4) is 0 Å². The van der Waals surface area contributed by atoms with Gasteiger partial charge in [-0.25, -0.2) is 22.5 Å². The van der Waals surface area contributed by atoms with Crippen molar-refractivity contribution in [2.45, 2.75) is 63.6 Å². The number of hydrogen-bond acceptors (Lipinski definition) is 9. The number of carbonyl (C=O) groups excluding carboxylic acids is 1. The van der Waals surface area contributed by atoms with Gasteiger partial charge in [0.25, 0.3) is 0 Å². The number of ether oxygens (including phenoxy) is 1. The Bertz CT molecular complexity index is 942. The van der Waals surface area contributed by atoms with E-state index in [1.807, 2.05) is 6.92 Å². The minimum Gasteiger partial charge on any atom is -0.463 e. The maximum Gasteiger partial charge on any atom is 0.330 e. The van der Waals surface area contributed by atoms with E-state index in [2.05, 4.69) is 20.6 Å². The molecule has 2 heterocycles. The minimum absolute atomic E-state index is 0.0522. The molecule has 178 valence electrons. The Morgan fingerprint density at radius 2 is 2.06 bits per heavy atom. The number of hydrogen-bond donors (Lipinski definition) is 3. The lowest BCUT2D eigenvalue weighted by Gasteiger charge is -2.31. The number of nitrogens with zero attached hydrogens (tertiary/aromatic N) is 3. The molecule has 3 rings (SSSR count). The van der Waals surface area contributed by atoms with E-state index in [0.29, 0.717) is 49.7 Å². The van der Waals surface area contributed by atoms with E-state index in [1.165, 1.54) is 16.6 Å². The van der Waals surface area contributed by atoms with Crippen molar-refractivity contribution in [3.05, 3.63) is 17.8 Å². The highest BCUT2D eigenvalue weighted by atomic mass is 32.2. The number of piperidine rings is 1. The summed E-state index contributed by atoms with van der Waals surface area (Å²) < 4.78 is 29.8. The summed E-state index contributed by atoms with van der Waals surface area (Å²) in [6.07, 6.45) is 9.49. The fraction of sp³-hybridized carbons (Fsp3) is 0.667. The largest absolute Gasteiger partial charge is 0.463 e. The van der Waals surface area contributed by atoms with Gasteiger partial charge in [-0.2, -0.15) is 4.98 Å². The van der Waals surface area contributed by atoms with Crippen LogP contribution in [-0.4, -0.2) is 77.4 Å². The van der Waals surface area contributed by atoms with Gasteiger partial charge in [0.1, 0.15) is 5.82 Å². The van der Waals surface area contributed by atoms with Crippen molar-refractivity contribution in [3.63, 3.8) is 0 Å². The Kier molecular flexibility index (Phi) is 7.73. The highest BCUT2D eigenvalue weighted by Gasteiger charge is 2.37. The Hall–Kier alpha value is -2.24. The summed E-state index contributed by atoms with van der Waals surface area (Å²) in [6, 6.07) is -0.116. The average Bonchev–Trinajstić information content (AvgIpc) is 3.05. The Morgan fingerprint density at radius 1 is 1.34 bits per heavy atom. The molecule has 32 heavy (non-hydrogen) atoms. The van der Waals surface area contributed by atoms with Crippen LogP contribution in [0.5, 0.6) is 0 Å². The van der Waals surface area contributed by atoms with Gasteiger partial charge in [0.05, 0.1) is 24.5 Å². The van der Waals surface area contributed by atoms with E-state index < -0.39 is 21.6 Å². The van der Waals surface area contributed by atoms with Crippen LogP contribution in [0, 0.1) is 0 Å². The molecule has 1 aromatic heterocycles. The molecule has 0 bridgehead atoms. The van der Waals surface area contributed by atoms with Gasteiger partial charge in [0.15, 0.2) is 0 Å². The topological polar surface area (TPSA) is 134 Å². The van der Waals surface area contributed by atoms with Gasteiger partial charge in [-0.05, 0) is 52.0 Å². The molecule has 0 aromatic carbocycles. The van der Waals surface area contributed by atoms with Crippen LogP contribution >= 0.6 is 0 Å². The molecular formula is C21H33N5O5S. The third kappa shape index (κ3) is 6.39. The number of sulfonamides is 1. The van der Waals surface area contributed by atoms with Crippen molar-refractivity contribution >= 4 is 33.8 Å². The molecule has 1 aliphatic heterocycles. The van der Waals surface area contributed by atoms with Crippen LogP contribution in [0.15, 0.2) is 12.3 Å². The first-order valence-corrected chi connectivity index (χ1v) is 12.9. The summed E-state index contributed by atoms with van der Waals surface area (Å²) in [6.45, 7) is 4.74. The number of anilines is 2. The van der Waals surface area contributed by atoms with Crippen molar-refractivity contribution < 1.29 is 23.1 Å². The van der Waals surface area contributed by atoms with Gasteiger partial charge in [0, 0.05) is 37.0 Å². The number of nitrogens with one attached hydrogen (secondary N) is 2. The lowest BCUT2D eigenvalue weighted by atomic mass is 10.0. The summed E-state index contributed by atoms with van der Waals surface area (Å²) in [5, 5.41) is 17.3. The van der Waals surface area contributed by atoms with E-state index in [-0.39, 0.29) is 18.7 Å². The highest BCUT2D eigenvalue weighted by Crippen LogP contribution is 2.32. The van der Waals surface area contributed by atoms with Gasteiger partial charge < -0.3 is 20.5 Å². The Balaban J connectivity index is 1.75. The molecule has 2 atom stereocenters. The average molecular weight is 468 g/mol. The van der Waals surface area contributed by atoms with Crippen LogP contribution in [0.4, 0.5) is 11.8 Å². The van der Waals surface area contributed by atoms with Crippen LogP contribution < -0.4 is 10.6 Å². The molecule has 2 aliphatic rings. The van der Waals surface area contributed by atoms with Crippen LogP contribution in [0.25, 0.3) is 6.08 Å². The first-order chi connectivity index (χ1) is 15.1. The molecule has 1 aliphatic carbocycles. The van der Waals surface area contributed by atoms with Crippen LogP contribution in [0.1, 0.15) is 51.5 Å². The molecule has 1 saturated heterocycles. The second kappa shape index (κ2) is 10.1. The number of carbonyl (C=O) groups is 1. The number of esters is 1. The van der Waals surface area contributed by atoms with Crippen molar-refractivity contribution in [2.75, 3.05) is 36.6 Å². The zero-order valence-electron chi connectivity index (χ0n) is 18.9. The second-order valence-corrected chi connectivity index (χ2v) is 10.6. The van der Waals surface area contributed by atoms with E-state index >= 15 is 0 Å². The van der Waals surface area contributed by atoms with Gasteiger partial charge in [-0.1, -0.05) is 0 Å². The molecule has 0 spiro atoms. The predicted molar refractivity (Wildman–Crippen MR) is 123 cm³/mol. The van der Waals surface area contributed by atoms with E-state index in [9.17, 15) is 18.3 Å². The maximum absolute atomic E-state index is 11.7. The first kappa shape index (κ1) is 24.4. The molecule has 0 amide bonds. The SMILES string of the molecule is CCOC(=O)C=Cc1cnc(NC2CCN(S(C)(=O)=O)CC2)nc1N[C@@H]1CCC[C@@]1(C)O. The smallest absolute Gasteiger partial charge is 0.330 e. The van der Waals surface area contributed by atoms with E-state index in [4.69, 9.17) is 4.74 Å². The van der Waals surface area contributed by atoms with Gasteiger partial charge in [-0.3, -0.25) is 0 Å². The zero-order chi connectivity index (χ0) is 23.4. The Labute approximate surface area is 189 Å². The minimum atomic E-state index is -3.18. The molecule has 1 aromatic rings. The molecule has 11 heteroatoms. The first-order valence-electron chi connectivity index (χ1n) is 11.0. The van der Waals surface area contributed by atoms with Gasteiger partial charge >= 0.3 is 5.97 Å². The van der Waals surface area contributed by atoms with Crippen LogP contribution in [0.2, 0.25) is 0 Å². The normalized spacial score (nSPS) is 25.2.